The van der Waals surface area contributed by atoms with Gasteiger partial charge in [0.05, 0.1) is 23.0 Å². The highest BCUT2D eigenvalue weighted by Crippen LogP contribution is 2.64. The smallest absolute Gasteiger partial charge is 0.416 e. The van der Waals surface area contributed by atoms with Crippen molar-refractivity contribution >= 4 is 21.5 Å². The van der Waals surface area contributed by atoms with Gasteiger partial charge in [0.15, 0.2) is 6.23 Å². The highest BCUT2D eigenvalue weighted by molar-refractivity contribution is 7.89. The van der Waals surface area contributed by atoms with Gasteiger partial charge in [0, 0.05) is 18.4 Å². The third-order valence-electron chi connectivity index (χ3n) is 9.58. The zero-order chi connectivity index (χ0) is 27.1. The predicted molar refractivity (Wildman–Crippen MR) is 137 cm³/mol. The number of nitrogens with zero attached hydrogens (tertiary/aromatic N) is 1. The number of fused-ring (bicyclic) bond motifs is 3. The summed E-state index contributed by atoms with van der Waals surface area (Å²) in [6.07, 6.45) is -1.81. The van der Waals surface area contributed by atoms with E-state index in [4.69, 9.17) is 4.74 Å². The van der Waals surface area contributed by atoms with Crippen LogP contribution in [0.5, 0.6) is 5.75 Å². The number of ether oxygens (including phenoxy) is 1. The molecule has 1 saturated heterocycles. The summed E-state index contributed by atoms with van der Waals surface area (Å²) in [6, 6.07) is 9.83. The summed E-state index contributed by atoms with van der Waals surface area (Å²) in [4.78, 5) is 13.0. The summed E-state index contributed by atoms with van der Waals surface area (Å²) in [7, 11) is -3.75. The lowest BCUT2D eigenvalue weighted by atomic mass is 9.70. The highest BCUT2D eigenvalue weighted by Gasteiger charge is 2.66. The van der Waals surface area contributed by atoms with E-state index in [1.165, 1.54) is 10.4 Å². The van der Waals surface area contributed by atoms with E-state index in [0.29, 0.717) is 54.8 Å². The second-order valence-corrected chi connectivity index (χ2v) is 13.6. The highest BCUT2D eigenvalue weighted by atomic mass is 32.2. The molecular weight excluding hydrogens is 517 g/mol. The minimum Gasteiger partial charge on any atom is -0.467 e. The quantitative estimate of drug-likeness (QED) is 0.520. The summed E-state index contributed by atoms with van der Waals surface area (Å²) >= 11 is 0. The Balaban J connectivity index is 1.22. The minimum atomic E-state index is -4.44. The van der Waals surface area contributed by atoms with Crippen LogP contribution in [-0.2, 0) is 21.0 Å². The molecule has 2 aliphatic carbocycles. The average Bonchev–Trinajstić information content (AvgIpc) is 3.59. The molecule has 4 unspecified atom stereocenters. The Kier molecular flexibility index (Phi) is 5.71. The molecule has 0 amide bonds. The number of anilines is 1. The first-order valence-corrected chi connectivity index (χ1v) is 14.7. The van der Waals surface area contributed by atoms with Crippen LogP contribution in [0.25, 0.3) is 11.1 Å². The molecule has 2 heterocycles. The van der Waals surface area contributed by atoms with Crippen LogP contribution in [0.2, 0.25) is 0 Å². The molecule has 3 fully saturated rings. The molecule has 4 aliphatic rings. The predicted octanol–water partition coefficient (Wildman–Crippen LogP) is 5.69. The van der Waals surface area contributed by atoms with E-state index in [-0.39, 0.29) is 22.9 Å². The number of carbonyl (C=O) groups excluding carboxylic acids is 1. The van der Waals surface area contributed by atoms with Gasteiger partial charge in [-0.1, -0.05) is 32.0 Å². The molecule has 2 aromatic rings. The molecule has 2 aliphatic heterocycles. The van der Waals surface area contributed by atoms with Gasteiger partial charge in [0.2, 0.25) is 10.0 Å². The maximum Gasteiger partial charge on any atom is 0.416 e. The number of ketones is 1. The fourth-order valence-corrected chi connectivity index (χ4v) is 9.71. The first kappa shape index (κ1) is 25.7. The Morgan fingerprint density at radius 2 is 1.87 bits per heavy atom. The number of halogens is 3. The summed E-state index contributed by atoms with van der Waals surface area (Å²) in [5, 5.41) is 3.27. The van der Waals surface area contributed by atoms with Gasteiger partial charge >= 0.3 is 6.18 Å². The van der Waals surface area contributed by atoms with Crippen molar-refractivity contribution in [1.29, 1.82) is 0 Å². The van der Waals surface area contributed by atoms with Crippen LogP contribution in [0.15, 0.2) is 42.5 Å². The number of alkyl halides is 3. The van der Waals surface area contributed by atoms with Crippen molar-refractivity contribution in [2.45, 2.75) is 64.4 Å². The summed E-state index contributed by atoms with van der Waals surface area (Å²) in [5.41, 5.74) is -0.267. The maximum atomic E-state index is 13.8. The zero-order valence-electron chi connectivity index (χ0n) is 21.3. The number of hydrogen-bond donors (Lipinski definition) is 1. The van der Waals surface area contributed by atoms with Crippen LogP contribution >= 0.6 is 0 Å². The van der Waals surface area contributed by atoms with E-state index in [1.807, 2.05) is 13.8 Å². The Labute approximate surface area is 220 Å². The topological polar surface area (TPSA) is 75.7 Å². The Morgan fingerprint density at radius 3 is 2.55 bits per heavy atom. The standard InChI is InChI=1S/C28H31F3N2O4S/c1-26(2)19-10-11-27(26,24(34)15-19)16-38(35,36)33-12-4-7-22(33)25-32-21-14-18(8-9-23(21)37-25)17-5-3-6-20(13-17)28(29,30)31/h3,5-6,8-9,13-14,19,22,25,32H,4,7,10-12,15-16H2,1-2H3. The molecule has 0 aromatic heterocycles. The van der Waals surface area contributed by atoms with Gasteiger partial charge in [0.25, 0.3) is 0 Å². The van der Waals surface area contributed by atoms with Gasteiger partial charge in [-0.3, -0.25) is 4.79 Å². The molecule has 2 saturated carbocycles. The summed E-state index contributed by atoms with van der Waals surface area (Å²) < 4.78 is 74.8. The minimum absolute atomic E-state index is 0.0721. The van der Waals surface area contributed by atoms with Crippen molar-refractivity contribution in [2.75, 3.05) is 17.6 Å². The van der Waals surface area contributed by atoms with Crippen molar-refractivity contribution in [3.8, 4) is 16.9 Å². The first-order chi connectivity index (χ1) is 17.8. The van der Waals surface area contributed by atoms with E-state index in [2.05, 4.69) is 5.32 Å². The Bertz CT molecular complexity index is 1410. The number of sulfonamides is 1. The molecule has 2 aromatic carbocycles. The molecule has 38 heavy (non-hydrogen) atoms. The van der Waals surface area contributed by atoms with Gasteiger partial charge in [-0.2, -0.15) is 17.5 Å². The van der Waals surface area contributed by atoms with Crippen molar-refractivity contribution < 1.29 is 31.1 Å². The molecule has 6 nitrogen and oxygen atoms in total. The third-order valence-corrected chi connectivity index (χ3v) is 11.6. The fourth-order valence-electron chi connectivity index (χ4n) is 7.21. The van der Waals surface area contributed by atoms with E-state index < -0.39 is 39.4 Å². The molecular formula is C28H31F3N2O4S. The van der Waals surface area contributed by atoms with E-state index in [9.17, 15) is 26.4 Å². The number of hydrogen-bond acceptors (Lipinski definition) is 5. The first-order valence-electron chi connectivity index (χ1n) is 13.1. The van der Waals surface area contributed by atoms with E-state index in [0.717, 1.165) is 18.6 Å². The van der Waals surface area contributed by atoms with Crippen LogP contribution in [-0.4, -0.2) is 43.1 Å². The lowest BCUT2D eigenvalue weighted by Gasteiger charge is -2.38. The number of carbonyl (C=O) groups is 1. The normalized spacial score (nSPS) is 30.3. The summed E-state index contributed by atoms with van der Waals surface area (Å²) in [5.74, 6) is 0.667. The molecule has 6 rings (SSSR count). The van der Waals surface area contributed by atoms with E-state index >= 15 is 0 Å². The van der Waals surface area contributed by atoms with Crippen LogP contribution in [0.3, 0.4) is 0 Å². The van der Waals surface area contributed by atoms with Crippen LogP contribution in [0.1, 0.15) is 51.5 Å². The van der Waals surface area contributed by atoms with Gasteiger partial charge in [-0.05, 0) is 72.4 Å². The average molecular weight is 549 g/mol. The van der Waals surface area contributed by atoms with Crippen LogP contribution in [0.4, 0.5) is 18.9 Å². The Morgan fingerprint density at radius 1 is 1.11 bits per heavy atom. The molecule has 10 heteroatoms. The second-order valence-electron chi connectivity index (χ2n) is 11.7. The van der Waals surface area contributed by atoms with E-state index in [1.54, 1.807) is 24.3 Å². The van der Waals surface area contributed by atoms with Crippen molar-refractivity contribution in [2.24, 2.45) is 16.7 Å². The number of nitrogens with one attached hydrogen (secondary N) is 1. The molecule has 4 atom stereocenters. The molecule has 0 radical (unpaired) electrons. The molecule has 0 spiro atoms. The second kappa shape index (κ2) is 8.45. The molecule has 2 bridgehead atoms. The third kappa shape index (κ3) is 3.86. The van der Waals surface area contributed by atoms with Crippen molar-refractivity contribution in [1.82, 2.24) is 4.31 Å². The largest absolute Gasteiger partial charge is 0.467 e. The van der Waals surface area contributed by atoms with Gasteiger partial charge < -0.3 is 10.1 Å². The maximum absolute atomic E-state index is 13.8. The summed E-state index contributed by atoms with van der Waals surface area (Å²) in [6.45, 7) is 4.44. The molecule has 204 valence electrons. The lowest BCUT2D eigenvalue weighted by molar-refractivity contribution is -0.137. The van der Waals surface area contributed by atoms with Gasteiger partial charge in [0.1, 0.15) is 11.5 Å². The fraction of sp³-hybridized carbons (Fsp3) is 0.536. The SMILES string of the molecule is CC1(C)C2CCC1(CS(=O)(=O)N1CCCC1C1Nc3cc(-c4cccc(C(F)(F)F)c4)ccc3O1)C(=O)C2. The number of benzene rings is 2. The van der Waals surface area contributed by atoms with Crippen LogP contribution < -0.4 is 10.1 Å². The van der Waals surface area contributed by atoms with Crippen molar-refractivity contribution in [3.63, 3.8) is 0 Å². The number of Topliss-reactive ketones (excluding diaryl/α,β-unsaturated/α-hetero) is 1. The zero-order valence-corrected chi connectivity index (χ0v) is 22.2. The van der Waals surface area contributed by atoms with Crippen LogP contribution in [0, 0.1) is 16.7 Å². The Hall–Kier alpha value is -2.59. The lowest BCUT2D eigenvalue weighted by Crippen LogP contribution is -2.51. The monoisotopic (exact) mass is 548 g/mol. The van der Waals surface area contributed by atoms with Crippen molar-refractivity contribution in [3.05, 3.63) is 48.0 Å². The molecule has 1 N–H and O–H groups in total. The van der Waals surface area contributed by atoms with Gasteiger partial charge in [-0.15, -0.1) is 0 Å². The number of rotatable bonds is 5. The van der Waals surface area contributed by atoms with Gasteiger partial charge in [-0.25, -0.2) is 8.42 Å².